The van der Waals surface area contributed by atoms with Gasteiger partial charge in [0, 0.05) is 0 Å². The van der Waals surface area contributed by atoms with E-state index in [0.717, 1.165) is 19.3 Å². The van der Waals surface area contributed by atoms with Crippen molar-refractivity contribution >= 4 is 49.6 Å². The maximum Gasteiger partial charge on any atom is -0.109 e. The van der Waals surface area contributed by atoms with Crippen molar-refractivity contribution in [3.63, 3.8) is 0 Å². The van der Waals surface area contributed by atoms with Crippen molar-refractivity contribution in [3.05, 3.63) is 149 Å². The summed E-state index contributed by atoms with van der Waals surface area (Å²) in [4.78, 5) is 0. The molecule has 0 heterocycles. The molecule has 6 rings (SSSR count). The van der Waals surface area contributed by atoms with Gasteiger partial charge in [-0.25, -0.2) is 12.2 Å². The minimum Gasteiger partial charge on any atom is -0.273 e. The molecule has 0 amide bonds. The Labute approximate surface area is 305 Å². The number of fused-ring (bicyclic) bond motifs is 3. The Kier molecular flexibility index (Phi) is 15.2. The van der Waals surface area contributed by atoms with E-state index in [-0.39, 0.29) is 35.6 Å². The van der Waals surface area contributed by atoms with Crippen molar-refractivity contribution in [1.29, 1.82) is 0 Å². The molecule has 240 valence electrons. The molecule has 0 unspecified atom stereocenters. The predicted octanol–water partition coefficient (Wildman–Crippen LogP) is 12.3. The van der Waals surface area contributed by atoms with Crippen molar-refractivity contribution < 1.29 is 24.2 Å². The Morgan fingerprint density at radius 2 is 1.07 bits per heavy atom. The smallest absolute Gasteiger partial charge is 0.109 e. The van der Waals surface area contributed by atoms with Crippen LogP contribution in [0.3, 0.4) is 0 Å². The average molecular weight is 729 g/mol. The van der Waals surface area contributed by atoms with E-state index < -0.39 is 0 Å². The quantitative estimate of drug-likeness (QED) is 0.162. The van der Waals surface area contributed by atoms with E-state index in [1.807, 2.05) is 12.2 Å². The third kappa shape index (κ3) is 11.7. The number of hydrogen-bond donors (Lipinski definition) is 0. The molecule has 0 saturated carbocycles. The van der Waals surface area contributed by atoms with Crippen LogP contribution in [-0.2, 0) is 47.9 Å². The summed E-state index contributed by atoms with van der Waals surface area (Å²) < 4.78 is 1.61. The van der Waals surface area contributed by atoms with Gasteiger partial charge in [-0.1, -0.05) is 76.9 Å². The van der Waals surface area contributed by atoms with E-state index in [1.165, 1.54) is 54.9 Å². The van der Waals surface area contributed by atoms with E-state index in [9.17, 15) is 0 Å². The fourth-order valence-electron chi connectivity index (χ4n) is 5.24. The van der Waals surface area contributed by atoms with Crippen LogP contribution >= 0.6 is 24.8 Å². The molecule has 1 aliphatic rings. The molecule has 0 nitrogen and oxygen atoms in total. The van der Waals surface area contributed by atoms with Crippen LogP contribution in [-0.4, -0.2) is 3.21 Å². The van der Waals surface area contributed by atoms with Crippen molar-refractivity contribution in [1.82, 2.24) is 0 Å². The topological polar surface area (TPSA) is 0 Å². The molecule has 46 heavy (non-hydrogen) atoms. The Morgan fingerprint density at radius 1 is 0.652 bits per heavy atom. The van der Waals surface area contributed by atoms with Crippen LogP contribution in [0.1, 0.15) is 81.3 Å². The van der Waals surface area contributed by atoms with Crippen LogP contribution in [0.2, 0.25) is 0 Å². The molecule has 3 heteroatoms. The first-order valence-corrected chi connectivity index (χ1v) is 17.1. The van der Waals surface area contributed by atoms with Crippen LogP contribution < -0.4 is 0 Å². The van der Waals surface area contributed by atoms with E-state index in [4.69, 9.17) is 0 Å². The van der Waals surface area contributed by atoms with Crippen LogP contribution in [0.5, 0.6) is 0 Å². The van der Waals surface area contributed by atoms with Crippen LogP contribution in [0.15, 0.2) is 109 Å². The van der Waals surface area contributed by atoms with E-state index >= 15 is 0 Å². The molecular weight excluding hydrogens is 679 g/mol. The number of hydrogen-bond acceptors (Lipinski definition) is 0. The first kappa shape index (κ1) is 39.7. The van der Waals surface area contributed by atoms with Gasteiger partial charge in [0.05, 0.1) is 0 Å². The number of allylic oxidation sites excluding steroid dienone is 4. The standard InChI is InChI=1S/C21H25.C17H18.C5H5.2ClH.Zr/c1-20(2,3)16-9-7-14-11-15-8-10-17(21(4,5)6)13-19(15)18(14)12-16;1-14-6-10-16(11-7-14)4-3-5-17-12-8-15(2)9-13-17;1-2-4-5-3-1;;;/h7-13H,1-6H3;6-13H,4-5H2,1-2H3;1-3H,4H2;2*1H;/q-1;;-1;;;+2. The van der Waals surface area contributed by atoms with E-state index in [0.29, 0.717) is 0 Å². The molecule has 0 atom stereocenters. The summed E-state index contributed by atoms with van der Waals surface area (Å²) >= 11 is 1.55. The molecule has 1 aliphatic carbocycles. The second-order valence-corrected chi connectivity index (χ2v) is 15.9. The zero-order chi connectivity index (χ0) is 31.9. The van der Waals surface area contributed by atoms with Gasteiger partial charge in [-0.05, 0) is 10.8 Å². The van der Waals surface area contributed by atoms with E-state index in [1.54, 1.807) is 27.4 Å². The second-order valence-electron chi connectivity index (χ2n) is 14.2. The summed E-state index contributed by atoms with van der Waals surface area (Å²) in [6, 6.07) is 33.9. The molecule has 5 aromatic rings. The van der Waals surface area contributed by atoms with Gasteiger partial charge in [-0.3, -0.25) is 6.08 Å². The number of benzene rings is 4. The van der Waals surface area contributed by atoms with Gasteiger partial charge < -0.3 is 0 Å². The van der Waals surface area contributed by atoms with Gasteiger partial charge in [0.15, 0.2) is 0 Å². The maximum atomic E-state index is 2.99. The zero-order valence-corrected chi connectivity index (χ0v) is 32.9. The minimum absolute atomic E-state index is 0. The molecule has 5 aromatic carbocycles. The summed E-state index contributed by atoms with van der Waals surface area (Å²) in [7, 11) is 0. The fourth-order valence-corrected chi connectivity index (χ4v) is 6.24. The van der Waals surface area contributed by atoms with Crippen LogP contribution in [0, 0.1) is 19.9 Å². The third-order valence-corrected chi connectivity index (χ3v) is 8.97. The normalized spacial score (nSPS) is 12.0. The van der Waals surface area contributed by atoms with Gasteiger partial charge in [0.1, 0.15) is 0 Å². The summed E-state index contributed by atoms with van der Waals surface area (Å²) in [5, 5.41) is 5.49. The Bertz CT molecular complexity index is 1630. The maximum absolute atomic E-state index is 2.99. The minimum atomic E-state index is 0. The summed E-state index contributed by atoms with van der Waals surface area (Å²) in [6.07, 6.45) is 12.2. The van der Waals surface area contributed by atoms with E-state index in [2.05, 4.69) is 159 Å². The largest absolute Gasteiger partial charge is 0.273 e. The van der Waals surface area contributed by atoms with Crippen LogP contribution in [0.25, 0.3) is 21.5 Å². The number of rotatable bonds is 4. The zero-order valence-electron chi connectivity index (χ0n) is 28.8. The summed E-state index contributed by atoms with van der Waals surface area (Å²) in [5.74, 6) is 0. The third-order valence-electron chi connectivity index (χ3n) is 8.10. The molecule has 0 aliphatic heterocycles. The number of halogens is 2. The molecule has 0 spiro atoms. The fraction of sp³-hybridized carbons (Fsp3) is 0.302. The Morgan fingerprint density at radius 3 is 1.37 bits per heavy atom. The molecule has 0 aromatic heterocycles. The first-order valence-electron chi connectivity index (χ1n) is 15.8. The molecular formula is C43H50Cl2Zr. The van der Waals surface area contributed by atoms with Crippen molar-refractivity contribution in [2.75, 3.05) is 0 Å². The Hall–Kier alpha value is -2.44. The molecule has 0 N–H and O–H groups in total. The molecule has 0 bridgehead atoms. The van der Waals surface area contributed by atoms with Crippen molar-refractivity contribution in [3.8, 4) is 0 Å². The second kappa shape index (κ2) is 17.6. The molecule has 0 saturated heterocycles. The summed E-state index contributed by atoms with van der Waals surface area (Å²) in [5.41, 5.74) is 8.73. The monoisotopic (exact) mass is 726 g/mol. The van der Waals surface area contributed by atoms with Gasteiger partial charge in [-0.15, -0.1) is 71.0 Å². The van der Waals surface area contributed by atoms with Crippen molar-refractivity contribution in [2.24, 2.45) is 0 Å². The predicted molar refractivity (Wildman–Crippen MR) is 205 cm³/mol. The first-order chi connectivity index (χ1) is 20.8. The summed E-state index contributed by atoms with van der Waals surface area (Å²) in [6.45, 7) is 17.9. The molecule has 0 radical (unpaired) electrons. The SMILES string of the molecule is CC(C)(C)c1ccc2[cH-]c3ccc(C(C)(C)C)cc3c2c1.Cc1ccc(C[C](=[Zr+2])Cc2ccc(C)cc2)cc1.Cl.Cl.[C-]1=CC=CC1. The van der Waals surface area contributed by atoms with Gasteiger partial charge in [0.25, 0.3) is 0 Å². The number of aryl methyl sites for hydroxylation is 2. The average Bonchev–Trinajstić information content (AvgIpc) is 3.66. The van der Waals surface area contributed by atoms with Gasteiger partial charge >= 0.3 is 125 Å². The van der Waals surface area contributed by atoms with Crippen molar-refractivity contribution in [2.45, 2.75) is 85.5 Å². The van der Waals surface area contributed by atoms with Gasteiger partial charge in [0.2, 0.25) is 0 Å². The Balaban J connectivity index is 0.000000270. The van der Waals surface area contributed by atoms with Crippen LogP contribution in [0.4, 0.5) is 0 Å². The molecule has 0 fully saturated rings. The van der Waals surface area contributed by atoms with Gasteiger partial charge in [-0.2, -0.15) is 6.08 Å².